The molecule has 0 saturated heterocycles. The molecular weight excluding hydrogens is 356 g/mol. The van der Waals surface area contributed by atoms with E-state index in [1.54, 1.807) is 12.1 Å². The Hall–Kier alpha value is -3.35. The van der Waals surface area contributed by atoms with Gasteiger partial charge in [0, 0.05) is 0 Å². The highest BCUT2D eigenvalue weighted by atomic mass is 16.3. The van der Waals surface area contributed by atoms with Crippen LogP contribution in [0, 0.1) is 6.92 Å². The third kappa shape index (κ3) is 3.55. The molecule has 7 heteroatoms. The lowest BCUT2D eigenvalue weighted by Gasteiger charge is -2.26. The van der Waals surface area contributed by atoms with Gasteiger partial charge in [-0.25, -0.2) is 4.68 Å². The predicted molar refractivity (Wildman–Crippen MR) is 106 cm³/mol. The third-order valence-electron chi connectivity index (χ3n) is 4.99. The van der Waals surface area contributed by atoms with Gasteiger partial charge in [0.25, 0.3) is 5.56 Å². The van der Waals surface area contributed by atoms with Gasteiger partial charge in [0.15, 0.2) is 5.76 Å². The fourth-order valence-corrected chi connectivity index (χ4v) is 3.64. The molecule has 3 aromatic rings. The summed E-state index contributed by atoms with van der Waals surface area (Å²) in [5.41, 5.74) is 8.19. The van der Waals surface area contributed by atoms with Gasteiger partial charge in [-0.2, -0.15) is 5.10 Å². The number of benzene rings is 1. The molecule has 1 unspecified atom stereocenters. The minimum absolute atomic E-state index is 0.0230. The summed E-state index contributed by atoms with van der Waals surface area (Å²) in [6.07, 6.45) is 2.91. The Kier molecular flexibility index (Phi) is 4.73. The quantitative estimate of drug-likeness (QED) is 0.726. The van der Waals surface area contributed by atoms with E-state index in [-0.39, 0.29) is 24.2 Å². The molecule has 7 nitrogen and oxygen atoms in total. The monoisotopic (exact) mass is 378 g/mol. The van der Waals surface area contributed by atoms with Gasteiger partial charge in [-0.15, -0.1) is 0 Å². The summed E-state index contributed by atoms with van der Waals surface area (Å²) < 4.78 is 6.64. The molecule has 1 aliphatic carbocycles. The molecule has 1 aromatic carbocycles. The average molecular weight is 378 g/mol. The Bertz CT molecular complexity index is 1080. The summed E-state index contributed by atoms with van der Waals surface area (Å²) >= 11 is 0. The highest BCUT2D eigenvalue weighted by molar-refractivity contribution is 5.76. The number of aromatic nitrogens is 2. The Balaban J connectivity index is 1.55. The van der Waals surface area contributed by atoms with E-state index < -0.39 is 5.56 Å². The van der Waals surface area contributed by atoms with Crippen LogP contribution >= 0.6 is 0 Å². The number of nitrogens with two attached hydrogens (primary N) is 1. The van der Waals surface area contributed by atoms with E-state index in [2.05, 4.69) is 16.5 Å². The van der Waals surface area contributed by atoms with Gasteiger partial charge in [-0.1, -0.05) is 24.3 Å². The molecule has 28 heavy (non-hydrogen) atoms. The number of nitrogens with one attached hydrogen (secondary N) is 1. The lowest BCUT2D eigenvalue weighted by molar-refractivity contribution is -0.122. The van der Waals surface area contributed by atoms with Crippen molar-refractivity contribution in [3.63, 3.8) is 0 Å². The zero-order valence-electron chi connectivity index (χ0n) is 15.6. The van der Waals surface area contributed by atoms with E-state index in [1.807, 2.05) is 25.1 Å². The predicted octanol–water partition coefficient (Wildman–Crippen LogP) is 2.59. The van der Waals surface area contributed by atoms with Gasteiger partial charge >= 0.3 is 0 Å². The average Bonchev–Trinajstić information content (AvgIpc) is 3.12. The number of carbonyl (C=O) groups excluding carboxylic acids is 1. The number of anilines is 1. The first-order chi connectivity index (χ1) is 13.5. The van der Waals surface area contributed by atoms with Crippen LogP contribution in [0.4, 0.5) is 5.69 Å². The van der Waals surface area contributed by atoms with Crippen molar-refractivity contribution in [1.82, 2.24) is 15.1 Å². The first-order valence-electron chi connectivity index (χ1n) is 9.33. The summed E-state index contributed by atoms with van der Waals surface area (Å²) in [4.78, 5) is 25.0. The van der Waals surface area contributed by atoms with Crippen LogP contribution in [0.5, 0.6) is 0 Å². The topological polar surface area (TPSA) is 103 Å². The number of aryl methyl sites for hydroxylation is 2. The van der Waals surface area contributed by atoms with Crippen molar-refractivity contribution in [2.24, 2.45) is 0 Å². The van der Waals surface area contributed by atoms with Crippen molar-refractivity contribution < 1.29 is 9.21 Å². The summed E-state index contributed by atoms with van der Waals surface area (Å²) in [7, 11) is 0. The molecule has 144 valence electrons. The maximum absolute atomic E-state index is 12.6. The van der Waals surface area contributed by atoms with Crippen molar-refractivity contribution >= 4 is 11.6 Å². The van der Waals surface area contributed by atoms with E-state index in [0.29, 0.717) is 11.5 Å². The molecule has 1 amide bonds. The van der Waals surface area contributed by atoms with Gasteiger partial charge in [0.1, 0.15) is 23.7 Å². The Morgan fingerprint density at radius 3 is 2.93 bits per heavy atom. The van der Waals surface area contributed by atoms with E-state index in [9.17, 15) is 9.59 Å². The van der Waals surface area contributed by atoms with Crippen molar-refractivity contribution in [2.75, 3.05) is 5.73 Å². The molecule has 0 radical (unpaired) electrons. The van der Waals surface area contributed by atoms with Crippen LogP contribution in [0.25, 0.3) is 11.5 Å². The largest absolute Gasteiger partial charge is 0.460 e. The number of nitrogens with zero attached hydrogens (tertiary/aromatic N) is 2. The first-order valence-corrected chi connectivity index (χ1v) is 9.33. The summed E-state index contributed by atoms with van der Waals surface area (Å²) in [5.74, 6) is 0.949. The molecule has 1 atom stereocenters. The van der Waals surface area contributed by atoms with Crippen LogP contribution in [-0.4, -0.2) is 15.7 Å². The molecule has 4 rings (SSSR count). The summed E-state index contributed by atoms with van der Waals surface area (Å²) in [6, 6.07) is 13.1. The number of rotatable bonds is 4. The van der Waals surface area contributed by atoms with Crippen molar-refractivity contribution in [3.8, 4) is 11.5 Å². The molecule has 1 aliphatic rings. The number of carbonyl (C=O) groups is 1. The zero-order chi connectivity index (χ0) is 19.7. The minimum Gasteiger partial charge on any atom is -0.460 e. The second-order valence-corrected chi connectivity index (χ2v) is 7.07. The molecular formula is C21H22N4O3. The van der Waals surface area contributed by atoms with Gasteiger partial charge in [-0.05, 0) is 55.5 Å². The van der Waals surface area contributed by atoms with Gasteiger partial charge < -0.3 is 15.5 Å². The van der Waals surface area contributed by atoms with Gasteiger partial charge in [0.05, 0.1) is 6.04 Å². The van der Waals surface area contributed by atoms with E-state index >= 15 is 0 Å². The molecule has 0 saturated carbocycles. The molecule has 0 spiro atoms. The highest BCUT2D eigenvalue weighted by Crippen LogP contribution is 2.29. The minimum atomic E-state index is -0.494. The summed E-state index contributed by atoms with van der Waals surface area (Å²) in [6.45, 7) is 1.62. The first kappa shape index (κ1) is 18.0. The number of amides is 1. The lowest BCUT2D eigenvalue weighted by Crippen LogP contribution is -2.37. The molecule has 2 heterocycles. The SMILES string of the molecule is Cc1ccc(-c2cc(N)c(=O)n(CC(=O)NC3CCCc4ccccc43)n2)o1. The van der Waals surface area contributed by atoms with E-state index in [4.69, 9.17) is 10.2 Å². The van der Waals surface area contributed by atoms with E-state index in [0.717, 1.165) is 35.3 Å². The smallest absolute Gasteiger partial charge is 0.290 e. The zero-order valence-corrected chi connectivity index (χ0v) is 15.6. The molecule has 3 N–H and O–H groups in total. The second kappa shape index (κ2) is 7.34. The Labute approximate surface area is 162 Å². The number of nitrogen functional groups attached to an aromatic ring is 1. The van der Waals surface area contributed by atoms with Crippen molar-refractivity contribution in [3.05, 3.63) is 69.7 Å². The van der Waals surface area contributed by atoms with Crippen molar-refractivity contribution in [2.45, 2.75) is 38.8 Å². The van der Waals surface area contributed by atoms with Crippen molar-refractivity contribution in [1.29, 1.82) is 0 Å². The normalized spacial score (nSPS) is 15.8. The fourth-order valence-electron chi connectivity index (χ4n) is 3.64. The third-order valence-corrected chi connectivity index (χ3v) is 4.99. The number of fused-ring (bicyclic) bond motifs is 1. The van der Waals surface area contributed by atoms with Crippen LogP contribution in [0.3, 0.4) is 0 Å². The number of hydrogen-bond acceptors (Lipinski definition) is 5. The van der Waals surface area contributed by atoms with Crippen LogP contribution in [-0.2, 0) is 17.8 Å². The highest BCUT2D eigenvalue weighted by Gasteiger charge is 2.22. The molecule has 0 fully saturated rings. The standard InChI is InChI=1S/C21H22N4O3/c1-13-9-10-19(28-13)18-11-16(22)21(27)25(24-18)12-20(26)23-17-8-4-6-14-5-2-3-7-15(14)17/h2-3,5,7,9-11,17H,4,6,8,12,22H2,1H3,(H,23,26). The molecule has 0 aliphatic heterocycles. The van der Waals surface area contributed by atoms with Crippen LogP contribution in [0.2, 0.25) is 0 Å². The fraction of sp³-hybridized carbons (Fsp3) is 0.286. The second-order valence-electron chi connectivity index (χ2n) is 7.07. The number of hydrogen-bond donors (Lipinski definition) is 2. The van der Waals surface area contributed by atoms with Gasteiger partial charge in [0.2, 0.25) is 5.91 Å². The Morgan fingerprint density at radius 2 is 2.14 bits per heavy atom. The van der Waals surface area contributed by atoms with Crippen LogP contribution < -0.4 is 16.6 Å². The lowest BCUT2D eigenvalue weighted by atomic mass is 9.88. The van der Waals surface area contributed by atoms with E-state index in [1.165, 1.54) is 11.6 Å². The maximum atomic E-state index is 12.6. The van der Waals surface area contributed by atoms with Crippen LogP contribution in [0.15, 0.2) is 51.7 Å². The summed E-state index contributed by atoms with van der Waals surface area (Å²) in [5, 5.41) is 7.29. The Morgan fingerprint density at radius 1 is 1.32 bits per heavy atom. The maximum Gasteiger partial charge on any atom is 0.290 e. The number of furan rings is 1. The molecule has 2 aromatic heterocycles. The van der Waals surface area contributed by atoms with Crippen LogP contribution in [0.1, 0.15) is 35.8 Å². The van der Waals surface area contributed by atoms with Gasteiger partial charge in [-0.3, -0.25) is 9.59 Å². The molecule has 0 bridgehead atoms.